The molecule has 11 heteroatoms. The van der Waals surface area contributed by atoms with Crippen molar-refractivity contribution in [1.82, 2.24) is 30.2 Å². The zero-order valence-electron chi connectivity index (χ0n) is 18.5. The van der Waals surface area contributed by atoms with Gasteiger partial charge in [0.15, 0.2) is 12.3 Å². The molecule has 5 rings (SSSR count). The minimum absolute atomic E-state index is 0.0274. The van der Waals surface area contributed by atoms with E-state index in [1.807, 2.05) is 23.7 Å². The lowest BCUT2D eigenvalue weighted by atomic mass is 10.2. The summed E-state index contributed by atoms with van der Waals surface area (Å²) in [5.74, 6) is 1.11. The van der Waals surface area contributed by atoms with Crippen LogP contribution in [0.2, 0.25) is 5.02 Å². The smallest absolute Gasteiger partial charge is 0.257 e. The molecule has 0 radical (unpaired) electrons. The number of thiazole rings is 1. The molecule has 1 amide bonds. The van der Waals surface area contributed by atoms with Crippen LogP contribution in [0.4, 0.5) is 5.69 Å². The second kappa shape index (κ2) is 9.96. The number of nitrogens with one attached hydrogen (secondary N) is 3. The topological polar surface area (TPSA) is 108 Å². The Balaban J connectivity index is 1.31. The number of aromatic nitrogens is 4. The Labute approximate surface area is 205 Å². The number of rotatable bonds is 8. The number of likely N-dealkylation sites (tertiary alicyclic amines) is 1. The summed E-state index contributed by atoms with van der Waals surface area (Å²) in [6.07, 6.45) is 4.50. The predicted octanol–water partition coefficient (Wildman–Crippen LogP) is 3.55. The number of fused-ring (bicyclic) bond motifs is 1. The summed E-state index contributed by atoms with van der Waals surface area (Å²) < 4.78 is 5.47. The van der Waals surface area contributed by atoms with E-state index in [9.17, 15) is 4.79 Å². The van der Waals surface area contributed by atoms with E-state index in [-0.39, 0.29) is 18.6 Å². The van der Waals surface area contributed by atoms with Crippen molar-refractivity contribution in [1.29, 1.82) is 0 Å². The van der Waals surface area contributed by atoms with Crippen molar-refractivity contribution in [2.75, 3.05) is 32.1 Å². The highest BCUT2D eigenvalue weighted by atomic mass is 35.5. The number of halogens is 1. The number of amides is 1. The molecule has 1 aliphatic heterocycles. The Hall–Kier alpha value is -3.21. The maximum Gasteiger partial charge on any atom is 0.257 e. The molecule has 1 aromatic carbocycles. The predicted molar refractivity (Wildman–Crippen MR) is 133 cm³/mol. The van der Waals surface area contributed by atoms with Gasteiger partial charge in [0, 0.05) is 43.3 Å². The molecule has 0 aliphatic carbocycles. The van der Waals surface area contributed by atoms with Gasteiger partial charge in [-0.25, -0.2) is 15.0 Å². The molecular formula is C23H24ClN7O2S. The molecule has 0 unspecified atom stereocenters. The number of hydrogen-bond donors (Lipinski definition) is 3. The number of aromatic amines is 1. The van der Waals surface area contributed by atoms with Gasteiger partial charge in [0.1, 0.15) is 22.1 Å². The molecule has 1 atom stereocenters. The van der Waals surface area contributed by atoms with Crippen molar-refractivity contribution in [3.05, 3.63) is 52.1 Å². The Kier molecular flexibility index (Phi) is 6.61. The Morgan fingerprint density at radius 1 is 1.32 bits per heavy atom. The molecule has 4 heterocycles. The van der Waals surface area contributed by atoms with Crippen molar-refractivity contribution in [2.45, 2.75) is 19.0 Å². The molecule has 34 heavy (non-hydrogen) atoms. The SMILES string of the molecule is CNC(=O)COc1ccc(-c2nc3ncc(Cl)c(N[C@H]4CCN(Cc5nccs5)C4)c3[nH]2)cc1. The van der Waals surface area contributed by atoms with Gasteiger partial charge >= 0.3 is 0 Å². The van der Waals surface area contributed by atoms with E-state index in [1.54, 1.807) is 36.7 Å². The van der Waals surface area contributed by atoms with E-state index in [0.717, 1.165) is 47.8 Å². The standard InChI is InChI=1S/C23H24ClN7O2S/c1-25-18(32)13-33-16-4-2-14(3-5-16)22-29-21-20(17(24)10-27-23(21)30-22)28-15-6-8-31(11-15)12-19-26-7-9-34-19/h2-5,7,9-10,15H,6,8,11-13H2,1H3,(H,25,32)(H2,27,28,29,30)/t15-/m0/s1. The van der Waals surface area contributed by atoms with Crippen molar-refractivity contribution in [3.63, 3.8) is 0 Å². The second-order valence-corrected chi connectivity index (χ2v) is 9.43. The number of benzene rings is 1. The molecule has 176 valence electrons. The third kappa shape index (κ3) is 4.98. The van der Waals surface area contributed by atoms with Gasteiger partial charge in [0.2, 0.25) is 0 Å². The highest BCUT2D eigenvalue weighted by molar-refractivity contribution is 7.09. The number of carbonyl (C=O) groups is 1. The number of likely N-dealkylation sites (N-methyl/N-ethyl adjacent to an activating group) is 1. The Morgan fingerprint density at radius 3 is 2.94 bits per heavy atom. The summed E-state index contributed by atoms with van der Waals surface area (Å²) in [7, 11) is 1.57. The number of anilines is 1. The van der Waals surface area contributed by atoms with Gasteiger partial charge in [-0.05, 0) is 30.7 Å². The summed E-state index contributed by atoms with van der Waals surface area (Å²) in [5.41, 5.74) is 3.07. The van der Waals surface area contributed by atoms with Crippen LogP contribution in [0.1, 0.15) is 11.4 Å². The van der Waals surface area contributed by atoms with Crippen LogP contribution in [0.3, 0.4) is 0 Å². The van der Waals surface area contributed by atoms with Crippen LogP contribution >= 0.6 is 22.9 Å². The van der Waals surface area contributed by atoms with Gasteiger partial charge in [-0.15, -0.1) is 11.3 Å². The lowest BCUT2D eigenvalue weighted by Crippen LogP contribution is -2.26. The summed E-state index contributed by atoms with van der Waals surface area (Å²) in [5, 5.41) is 9.83. The number of hydrogen-bond acceptors (Lipinski definition) is 8. The van der Waals surface area contributed by atoms with E-state index in [0.29, 0.717) is 22.2 Å². The van der Waals surface area contributed by atoms with E-state index in [1.165, 1.54) is 0 Å². The van der Waals surface area contributed by atoms with Gasteiger partial charge in [0.25, 0.3) is 5.91 Å². The maximum absolute atomic E-state index is 11.4. The van der Waals surface area contributed by atoms with Crippen LogP contribution in [-0.4, -0.2) is 63.5 Å². The van der Waals surface area contributed by atoms with E-state index in [4.69, 9.17) is 16.3 Å². The number of H-pyrrole nitrogens is 1. The van der Waals surface area contributed by atoms with Crippen molar-refractivity contribution in [2.24, 2.45) is 0 Å². The minimum atomic E-state index is -0.182. The van der Waals surface area contributed by atoms with Crippen LogP contribution in [-0.2, 0) is 11.3 Å². The van der Waals surface area contributed by atoms with Crippen LogP contribution in [0.5, 0.6) is 5.75 Å². The van der Waals surface area contributed by atoms with Crippen molar-refractivity contribution in [3.8, 4) is 17.1 Å². The lowest BCUT2D eigenvalue weighted by molar-refractivity contribution is -0.122. The normalized spacial score (nSPS) is 16.1. The number of ether oxygens (including phenoxy) is 1. The first-order valence-electron chi connectivity index (χ1n) is 10.9. The molecular weight excluding hydrogens is 474 g/mol. The average Bonchev–Trinajstić information content (AvgIpc) is 3.61. The number of pyridine rings is 1. The number of nitrogens with zero attached hydrogens (tertiary/aromatic N) is 4. The van der Waals surface area contributed by atoms with Crippen LogP contribution in [0.15, 0.2) is 42.0 Å². The maximum atomic E-state index is 11.4. The highest BCUT2D eigenvalue weighted by Gasteiger charge is 2.25. The molecule has 0 spiro atoms. The largest absolute Gasteiger partial charge is 0.484 e. The summed E-state index contributed by atoms with van der Waals surface area (Å²) >= 11 is 8.22. The third-order valence-electron chi connectivity index (χ3n) is 5.71. The molecule has 1 fully saturated rings. The van der Waals surface area contributed by atoms with Crippen LogP contribution in [0, 0.1) is 0 Å². The molecule has 1 aliphatic rings. The van der Waals surface area contributed by atoms with Crippen LogP contribution in [0.25, 0.3) is 22.6 Å². The zero-order valence-corrected chi connectivity index (χ0v) is 20.1. The monoisotopic (exact) mass is 497 g/mol. The Morgan fingerprint density at radius 2 is 2.18 bits per heavy atom. The fourth-order valence-corrected chi connectivity index (χ4v) is 4.82. The van der Waals surface area contributed by atoms with Crippen molar-refractivity contribution < 1.29 is 9.53 Å². The number of imidazole rings is 1. The summed E-state index contributed by atoms with van der Waals surface area (Å²) in [6, 6.07) is 7.66. The third-order valence-corrected chi connectivity index (χ3v) is 6.76. The molecule has 1 saturated heterocycles. The zero-order chi connectivity index (χ0) is 23.5. The lowest BCUT2D eigenvalue weighted by Gasteiger charge is -2.17. The highest BCUT2D eigenvalue weighted by Crippen LogP contribution is 2.32. The van der Waals surface area contributed by atoms with Crippen molar-refractivity contribution >= 4 is 45.7 Å². The van der Waals surface area contributed by atoms with Gasteiger partial charge in [-0.2, -0.15) is 0 Å². The van der Waals surface area contributed by atoms with Gasteiger partial charge in [-0.3, -0.25) is 9.69 Å². The minimum Gasteiger partial charge on any atom is -0.484 e. The summed E-state index contributed by atoms with van der Waals surface area (Å²) in [6.45, 7) is 2.76. The summed E-state index contributed by atoms with van der Waals surface area (Å²) in [4.78, 5) is 30.6. The average molecular weight is 498 g/mol. The fraction of sp³-hybridized carbons (Fsp3) is 0.304. The van der Waals surface area contributed by atoms with Gasteiger partial charge in [0.05, 0.1) is 23.5 Å². The molecule has 9 nitrogen and oxygen atoms in total. The fourth-order valence-electron chi connectivity index (χ4n) is 3.96. The van der Waals surface area contributed by atoms with Gasteiger partial charge < -0.3 is 20.4 Å². The first-order chi connectivity index (χ1) is 16.6. The molecule has 0 saturated carbocycles. The van der Waals surface area contributed by atoms with E-state index in [2.05, 4.69) is 35.5 Å². The molecule has 3 aromatic heterocycles. The first-order valence-corrected chi connectivity index (χ1v) is 12.2. The number of carbonyl (C=O) groups excluding carboxylic acids is 1. The van der Waals surface area contributed by atoms with E-state index < -0.39 is 0 Å². The molecule has 0 bridgehead atoms. The second-order valence-electron chi connectivity index (χ2n) is 8.04. The van der Waals surface area contributed by atoms with Gasteiger partial charge in [-0.1, -0.05) is 11.6 Å². The quantitative estimate of drug-likeness (QED) is 0.341. The Bertz CT molecular complexity index is 1280. The van der Waals surface area contributed by atoms with E-state index >= 15 is 0 Å². The first kappa shape index (κ1) is 22.6. The molecule has 4 aromatic rings. The molecule has 3 N–H and O–H groups in total. The van der Waals surface area contributed by atoms with Crippen LogP contribution < -0.4 is 15.4 Å².